The van der Waals surface area contributed by atoms with Crippen molar-refractivity contribution in [2.75, 3.05) is 20.3 Å². The Morgan fingerprint density at radius 1 is 1.41 bits per heavy atom. The quantitative estimate of drug-likeness (QED) is 0.617. The summed E-state index contributed by atoms with van der Waals surface area (Å²) in [4.78, 5) is 10.7. The van der Waals surface area contributed by atoms with Crippen LogP contribution in [0.25, 0.3) is 0 Å². The average Bonchev–Trinajstić information content (AvgIpc) is 2.38. The molecule has 17 heavy (non-hydrogen) atoms. The standard InChI is InChI=1S/C11H12N2O4/c1-15-11(14)13-12-7-8-2-3-9-10(6-8)17-5-4-16-9/h2-3,6-7H,4-5H2,1H3,(H,13,14). The number of nitrogens with one attached hydrogen (secondary N) is 1. The van der Waals surface area contributed by atoms with Gasteiger partial charge in [0.05, 0.1) is 13.3 Å². The Morgan fingerprint density at radius 3 is 2.94 bits per heavy atom. The largest absolute Gasteiger partial charge is 0.486 e. The zero-order chi connectivity index (χ0) is 12.1. The molecule has 0 saturated heterocycles. The minimum Gasteiger partial charge on any atom is -0.486 e. The van der Waals surface area contributed by atoms with Gasteiger partial charge >= 0.3 is 6.09 Å². The van der Waals surface area contributed by atoms with Crippen LogP contribution in [0, 0.1) is 0 Å². The lowest BCUT2D eigenvalue weighted by Crippen LogP contribution is -2.17. The fraction of sp³-hybridized carbons (Fsp3) is 0.273. The van der Waals surface area contributed by atoms with Gasteiger partial charge in [0.15, 0.2) is 11.5 Å². The molecule has 6 heteroatoms. The fourth-order valence-electron chi connectivity index (χ4n) is 1.35. The summed E-state index contributed by atoms with van der Waals surface area (Å²) in [6, 6.07) is 5.40. The Bertz CT molecular complexity index is 445. The molecule has 1 N–H and O–H groups in total. The maximum absolute atomic E-state index is 10.7. The van der Waals surface area contributed by atoms with Crippen molar-refractivity contribution in [2.45, 2.75) is 0 Å². The lowest BCUT2D eigenvalue weighted by molar-refractivity contribution is 0.171. The van der Waals surface area contributed by atoms with E-state index >= 15 is 0 Å². The Balaban J connectivity index is 2.04. The van der Waals surface area contributed by atoms with Crippen molar-refractivity contribution < 1.29 is 19.0 Å². The molecule has 0 saturated carbocycles. The average molecular weight is 236 g/mol. The number of hydrazone groups is 1. The molecule has 6 nitrogen and oxygen atoms in total. The second-order valence-corrected chi connectivity index (χ2v) is 3.26. The van der Waals surface area contributed by atoms with Crippen molar-refractivity contribution in [2.24, 2.45) is 5.10 Å². The predicted octanol–water partition coefficient (Wildman–Crippen LogP) is 1.15. The molecule has 90 valence electrons. The van der Waals surface area contributed by atoms with Gasteiger partial charge in [-0.15, -0.1) is 0 Å². The first-order valence-electron chi connectivity index (χ1n) is 5.06. The summed E-state index contributed by atoms with van der Waals surface area (Å²) < 4.78 is 15.2. The van der Waals surface area contributed by atoms with Crippen LogP contribution in [0.1, 0.15) is 5.56 Å². The first kappa shape index (κ1) is 11.3. The van der Waals surface area contributed by atoms with Crippen molar-refractivity contribution >= 4 is 12.3 Å². The molecule has 1 aliphatic rings. The summed E-state index contributed by atoms with van der Waals surface area (Å²) in [5.74, 6) is 1.40. The first-order chi connectivity index (χ1) is 8.29. The number of benzene rings is 1. The molecule has 1 aliphatic heterocycles. The fourth-order valence-corrected chi connectivity index (χ4v) is 1.35. The molecule has 0 aliphatic carbocycles. The van der Waals surface area contributed by atoms with Crippen molar-refractivity contribution in [1.29, 1.82) is 0 Å². The highest BCUT2D eigenvalue weighted by Crippen LogP contribution is 2.30. The predicted molar refractivity (Wildman–Crippen MR) is 60.6 cm³/mol. The molecule has 0 atom stereocenters. The highest BCUT2D eigenvalue weighted by molar-refractivity contribution is 5.82. The minimum absolute atomic E-state index is 0.536. The zero-order valence-corrected chi connectivity index (χ0v) is 9.30. The van der Waals surface area contributed by atoms with E-state index in [-0.39, 0.29) is 0 Å². The van der Waals surface area contributed by atoms with Gasteiger partial charge in [-0.2, -0.15) is 5.10 Å². The molecule has 2 rings (SSSR count). The lowest BCUT2D eigenvalue weighted by Gasteiger charge is -2.18. The van der Waals surface area contributed by atoms with Gasteiger partial charge in [0.1, 0.15) is 13.2 Å². The number of amides is 1. The summed E-state index contributed by atoms with van der Waals surface area (Å²) in [5, 5.41) is 3.72. The lowest BCUT2D eigenvalue weighted by atomic mass is 10.2. The topological polar surface area (TPSA) is 69.2 Å². The second kappa shape index (κ2) is 5.20. The van der Waals surface area contributed by atoms with Crippen LogP contribution in [0.4, 0.5) is 4.79 Å². The first-order valence-corrected chi connectivity index (χ1v) is 5.06. The molecule has 1 heterocycles. The smallest absolute Gasteiger partial charge is 0.427 e. The van der Waals surface area contributed by atoms with E-state index in [1.165, 1.54) is 13.3 Å². The third-order valence-electron chi connectivity index (χ3n) is 2.12. The van der Waals surface area contributed by atoms with Crippen LogP contribution in [-0.4, -0.2) is 32.6 Å². The molecule has 1 aromatic rings. The van der Waals surface area contributed by atoms with Crippen LogP contribution in [0.3, 0.4) is 0 Å². The van der Waals surface area contributed by atoms with Gasteiger partial charge in [0, 0.05) is 0 Å². The number of ether oxygens (including phenoxy) is 3. The van der Waals surface area contributed by atoms with Crippen LogP contribution in [0.2, 0.25) is 0 Å². The van der Waals surface area contributed by atoms with Gasteiger partial charge in [-0.3, -0.25) is 0 Å². The molecule has 0 bridgehead atoms. The van der Waals surface area contributed by atoms with Crippen LogP contribution < -0.4 is 14.9 Å². The highest BCUT2D eigenvalue weighted by Gasteiger charge is 2.10. The van der Waals surface area contributed by atoms with E-state index < -0.39 is 6.09 Å². The molecule has 0 fully saturated rings. The van der Waals surface area contributed by atoms with E-state index in [1.54, 1.807) is 12.1 Å². The Morgan fingerprint density at radius 2 is 2.18 bits per heavy atom. The number of nitrogens with zero attached hydrogens (tertiary/aromatic N) is 1. The Kier molecular flexibility index (Phi) is 3.44. The van der Waals surface area contributed by atoms with Crippen LogP contribution in [-0.2, 0) is 4.74 Å². The molecule has 0 aromatic heterocycles. The maximum Gasteiger partial charge on any atom is 0.427 e. The number of fused-ring (bicyclic) bond motifs is 1. The monoisotopic (exact) mass is 236 g/mol. The molecule has 0 radical (unpaired) electrons. The van der Waals surface area contributed by atoms with E-state index in [1.807, 2.05) is 6.07 Å². The van der Waals surface area contributed by atoms with Crippen molar-refractivity contribution in [3.63, 3.8) is 0 Å². The number of hydrogen-bond acceptors (Lipinski definition) is 5. The zero-order valence-electron chi connectivity index (χ0n) is 9.30. The van der Waals surface area contributed by atoms with Crippen LogP contribution >= 0.6 is 0 Å². The van der Waals surface area contributed by atoms with Gasteiger partial charge < -0.3 is 14.2 Å². The summed E-state index contributed by atoms with van der Waals surface area (Å²) in [5.41, 5.74) is 2.99. The van der Waals surface area contributed by atoms with Gasteiger partial charge in [-0.05, 0) is 23.8 Å². The van der Waals surface area contributed by atoms with Gasteiger partial charge in [-0.1, -0.05) is 0 Å². The SMILES string of the molecule is COC(=O)NN=Cc1ccc2c(c1)OCCO2. The third-order valence-corrected chi connectivity index (χ3v) is 2.12. The number of methoxy groups -OCH3 is 1. The van der Waals surface area contributed by atoms with E-state index in [0.29, 0.717) is 24.7 Å². The summed E-state index contributed by atoms with van der Waals surface area (Å²) in [6.07, 6.45) is 0.883. The van der Waals surface area contributed by atoms with Gasteiger partial charge in [0.2, 0.25) is 0 Å². The van der Waals surface area contributed by atoms with E-state index in [4.69, 9.17) is 9.47 Å². The highest BCUT2D eigenvalue weighted by atomic mass is 16.6. The normalized spacial score (nSPS) is 13.5. The maximum atomic E-state index is 10.7. The van der Waals surface area contributed by atoms with Gasteiger partial charge in [0.25, 0.3) is 0 Å². The molecule has 0 unspecified atom stereocenters. The molecule has 1 amide bonds. The van der Waals surface area contributed by atoms with Crippen molar-refractivity contribution in [3.05, 3.63) is 23.8 Å². The summed E-state index contributed by atoms with van der Waals surface area (Å²) in [6.45, 7) is 1.10. The minimum atomic E-state index is -0.612. The Hall–Kier alpha value is -2.24. The van der Waals surface area contributed by atoms with Crippen molar-refractivity contribution in [1.82, 2.24) is 5.43 Å². The molecular weight excluding hydrogens is 224 g/mol. The molecule has 0 spiro atoms. The second-order valence-electron chi connectivity index (χ2n) is 3.26. The summed E-state index contributed by atoms with van der Waals surface area (Å²) >= 11 is 0. The van der Waals surface area contributed by atoms with Crippen LogP contribution in [0.15, 0.2) is 23.3 Å². The van der Waals surface area contributed by atoms with Crippen molar-refractivity contribution in [3.8, 4) is 11.5 Å². The number of rotatable bonds is 2. The van der Waals surface area contributed by atoms with Gasteiger partial charge in [-0.25, -0.2) is 10.2 Å². The van der Waals surface area contributed by atoms with E-state index in [9.17, 15) is 4.79 Å². The van der Waals surface area contributed by atoms with E-state index in [2.05, 4.69) is 15.3 Å². The van der Waals surface area contributed by atoms with E-state index in [0.717, 1.165) is 5.56 Å². The van der Waals surface area contributed by atoms with Crippen LogP contribution in [0.5, 0.6) is 11.5 Å². The summed E-state index contributed by atoms with van der Waals surface area (Å²) in [7, 11) is 1.27. The molecule has 1 aromatic carbocycles. The third kappa shape index (κ3) is 2.87. The Labute approximate surface area is 98.2 Å². The molecular formula is C11H12N2O4. The number of hydrogen-bond donors (Lipinski definition) is 1. The number of carbonyl (C=O) groups excluding carboxylic acids is 1. The number of carbonyl (C=O) groups is 1.